The van der Waals surface area contributed by atoms with Crippen LogP contribution < -0.4 is 10.1 Å². The van der Waals surface area contributed by atoms with E-state index in [1.807, 2.05) is 19.9 Å². The third-order valence-corrected chi connectivity index (χ3v) is 2.61. The summed E-state index contributed by atoms with van der Waals surface area (Å²) in [5.74, 6) is 0.0251. The standard InChI is InChI=1S/C13H19F3N2O/c1-4-11-6-10(8-17-5-2)7-12(18-11)19-9(3)13(14,15)16/h6-7,9,17H,4-5,8H2,1-3H3. The second-order valence-corrected chi connectivity index (χ2v) is 4.24. The molecule has 6 heteroatoms. The van der Waals surface area contributed by atoms with E-state index in [2.05, 4.69) is 10.3 Å². The lowest BCUT2D eigenvalue weighted by molar-refractivity contribution is -0.190. The molecule has 0 radical (unpaired) electrons. The number of pyridine rings is 1. The van der Waals surface area contributed by atoms with Crippen molar-refractivity contribution < 1.29 is 17.9 Å². The summed E-state index contributed by atoms with van der Waals surface area (Å²) in [7, 11) is 0. The molecule has 1 atom stereocenters. The molecule has 1 unspecified atom stereocenters. The average Bonchev–Trinajstić information content (AvgIpc) is 2.34. The summed E-state index contributed by atoms with van der Waals surface area (Å²) in [4.78, 5) is 4.06. The maximum atomic E-state index is 12.5. The zero-order chi connectivity index (χ0) is 14.5. The number of alkyl halides is 3. The van der Waals surface area contributed by atoms with Crippen molar-refractivity contribution in [2.75, 3.05) is 6.54 Å². The van der Waals surface area contributed by atoms with Gasteiger partial charge in [-0.15, -0.1) is 0 Å². The Morgan fingerprint density at radius 1 is 1.32 bits per heavy atom. The van der Waals surface area contributed by atoms with E-state index in [1.165, 1.54) is 0 Å². The summed E-state index contributed by atoms with van der Waals surface area (Å²) in [5, 5.41) is 3.12. The van der Waals surface area contributed by atoms with Crippen molar-refractivity contribution in [3.8, 4) is 5.88 Å². The molecule has 1 aromatic heterocycles. The largest absolute Gasteiger partial charge is 0.465 e. The molecule has 3 nitrogen and oxygen atoms in total. The molecule has 0 aromatic carbocycles. The Balaban J connectivity index is 2.87. The summed E-state index contributed by atoms with van der Waals surface area (Å²) in [5.41, 5.74) is 1.60. The molecule has 0 bridgehead atoms. The van der Waals surface area contributed by atoms with Gasteiger partial charge in [-0.1, -0.05) is 13.8 Å². The van der Waals surface area contributed by atoms with Crippen LogP contribution in [0.4, 0.5) is 13.2 Å². The van der Waals surface area contributed by atoms with Crippen LogP contribution >= 0.6 is 0 Å². The molecule has 1 aromatic rings. The van der Waals surface area contributed by atoms with Gasteiger partial charge >= 0.3 is 6.18 Å². The predicted molar refractivity (Wildman–Crippen MR) is 67.1 cm³/mol. The van der Waals surface area contributed by atoms with Crippen molar-refractivity contribution in [3.63, 3.8) is 0 Å². The van der Waals surface area contributed by atoms with E-state index in [9.17, 15) is 13.2 Å². The van der Waals surface area contributed by atoms with E-state index in [0.717, 1.165) is 24.7 Å². The molecule has 19 heavy (non-hydrogen) atoms. The minimum Gasteiger partial charge on any atom is -0.465 e. The minimum atomic E-state index is -4.38. The van der Waals surface area contributed by atoms with Crippen molar-refractivity contribution in [2.45, 2.75) is 46.0 Å². The van der Waals surface area contributed by atoms with Crippen molar-refractivity contribution >= 4 is 0 Å². The highest BCUT2D eigenvalue weighted by atomic mass is 19.4. The zero-order valence-corrected chi connectivity index (χ0v) is 11.3. The van der Waals surface area contributed by atoms with E-state index in [1.54, 1.807) is 6.07 Å². The number of hydrogen-bond donors (Lipinski definition) is 1. The smallest absolute Gasteiger partial charge is 0.425 e. The summed E-state index contributed by atoms with van der Waals surface area (Å²) in [6, 6.07) is 3.41. The van der Waals surface area contributed by atoms with Crippen LogP contribution in [0, 0.1) is 0 Å². The lowest BCUT2D eigenvalue weighted by atomic mass is 10.2. The first-order valence-electron chi connectivity index (χ1n) is 6.30. The molecule has 0 aliphatic heterocycles. The molecular weight excluding hydrogens is 257 g/mol. The molecule has 1 N–H and O–H groups in total. The van der Waals surface area contributed by atoms with Gasteiger partial charge in [-0.05, 0) is 31.5 Å². The number of halogens is 3. The van der Waals surface area contributed by atoms with Crippen molar-refractivity contribution in [1.82, 2.24) is 10.3 Å². The maximum absolute atomic E-state index is 12.5. The lowest BCUT2D eigenvalue weighted by Crippen LogP contribution is -2.31. The Labute approximate surface area is 111 Å². The number of ether oxygens (including phenoxy) is 1. The first-order chi connectivity index (χ1) is 8.86. The van der Waals surface area contributed by atoms with Gasteiger partial charge < -0.3 is 10.1 Å². The SMILES string of the molecule is CCNCc1cc(CC)nc(OC(C)C(F)(F)F)c1. The number of nitrogens with one attached hydrogen (secondary N) is 1. The van der Waals surface area contributed by atoms with Gasteiger partial charge in [-0.2, -0.15) is 13.2 Å². The van der Waals surface area contributed by atoms with Crippen molar-refractivity contribution in [2.24, 2.45) is 0 Å². The van der Waals surface area contributed by atoms with Gasteiger partial charge in [0.05, 0.1) is 0 Å². The Morgan fingerprint density at radius 2 is 2.00 bits per heavy atom. The number of aryl methyl sites for hydroxylation is 1. The second-order valence-electron chi connectivity index (χ2n) is 4.24. The number of aromatic nitrogens is 1. The minimum absolute atomic E-state index is 0.0251. The Hall–Kier alpha value is -1.30. The van der Waals surface area contributed by atoms with E-state index in [4.69, 9.17) is 4.74 Å². The van der Waals surface area contributed by atoms with Crippen LogP contribution in [-0.2, 0) is 13.0 Å². The van der Waals surface area contributed by atoms with Crippen LogP contribution in [0.5, 0.6) is 5.88 Å². The summed E-state index contributed by atoms with van der Waals surface area (Å²) in [6.45, 7) is 6.22. The molecule has 0 spiro atoms. The topological polar surface area (TPSA) is 34.2 Å². The third-order valence-electron chi connectivity index (χ3n) is 2.61. The highest BCUT2D eigenvalue weighted by Gasteiger charge is 2.38. The van der Waals surface area contributed by atoms with Crippen LogP contribution in [0.15, 0.2) is 12.1 Å². The van der Waals surface area contributed by atoms with Crippen LogP contribution in [-0.4, -0.2) is 23.8 Å². The molecule has 0 amide bonds. The first kappa shape index (κ1) is 15.8. The van der Waals surface area contributed by atoms with Crippen molar-refractivity contribution in [3.05, 3.63) is 23.4 Å². The normalized spacial score (nSPS) is 13.4. The quantitative estimate of drug-likeness (QED) is 0.867. The van der Waals surface area contributed by atoms with Gasteiger partial charge in [-0.25, -0.2) is 4.98 Å². The summed E-state index contributed by atoms with van der Waals surface area (Å²) < 4.78 is 42.2. The predicted octanol–water partition coefficient (Wildman–Crippen LogP) is 3.08. The zero-order valence-electron chi connectivity index (χ0n) is 11.3. The van der Waals surface area contributed by atoms with Gasteiger partial charge in [-0.3, -0.25) is 0 Å². The van der Waals surface area contributed by atoms with Gasteiger partial charge in [0.15, 0.2) is 6.10 Å². The highest BCUT2D eigenvalue weighted by Crippen LogP contribution is 2.24. The Kier molecular flexibility index (Phi) is 5.60. The van der Waals surface area contributed by atoms with Crippen LogP contribution in [0.1, 0.15) is 32.0 Å². The summed E-state index contributed by atoms with van der Waals surface area (Å²) >= 11 is 0. The molecular formula is C13H19F3N2O. The van der Waals surface area contributed by atoms with Gasteiger partial charge in [0.25, 0.3) is 0 Å². The van der Waals surface area contributed by atoms with Crippen LogP contribution in [0.3, 0.4) is 0 Å². The fourth-order valence-electron chi connectivity index (χ4n) is 1.48. The third kappa shape index (κ3) is 5.06. The van der Waals surface area contributed by atoms with Gasteiger partial charge in [0.2, 0.25) is 5.88 Å². The summed E-state index contributed by atoms with van der Waals surface area (Å²) in [6.07, 6.45) is -5.60. The fraction of sp³-hybridized carbons (Fsp3) is 0.615. The van der Waals surface area contributed by atoms with E-state index >= 15 is 0 Å². The lowest BCUT2D eigenvalue weighted by Gasteiger charge is -2.18. The monoisotopic (exact) mass is 276 g/mol. The molecule has 1 rings (SSSR count). The number of rotatable bonds is 6. The van der Waals surface area contributed by atoms with E-state index in [-0.39, 0.29) is 5.88 Å². The average molecular weight is 276 g/mol. The number of nitrogens with zero attached hydrogens (tertiary/aromatic N) is 1. The highest BCUT2D eigenvalue weighted by molar-refractivity contribution is 5.25. The molecule has 0 fully saturated rings. The maximum Gasteiger partial charge on any atom is 0.425 e. The molecule has 0 aliphatic rings. The molecule has 0 aliphatic carbocycles. The number of hydrogen-bond acceptors (Lipinski definition) is 3. The van der Waals surface area contributed by atoms with E-state index in [0.29, 0.717) is 13.0 Å². The Morgan fingerprint density at radius 3 is 2.53 bits per heavy atom. The van der Waals surface area contributed by atoms with E-state index < -0.39 is 12.3 Å². The molecule has 0 saturated heterocycles. The second kappa shape index (κ2) is 6.75. The van der Waals surface area contributed by atoms with Gasteiger partial charge in [0.1, 0.15) is 0 Å². The fourth-order valence-corrected chi connectivity index (χ4v) is 1.48. The molecule has 0 saturated carbocycles. The van der Waals surface area contributed by atoms with Crippen molar-refractivity contribution in [1.29, 1.82) is 0 Å². The van der Waals surface area contributed by atoms with Crippen LogP contribution in [0.25, 0.3) is 0 Å². The molecule has 1 heterocycles. The first-order valence-corrected chi connectivity index (χ1v) is 6.30. The van der Waals surface area contributed by atoms with Gasteiger partial charge in [0, 0.05) is 18.3 Å². The molecule has 108 valence electrons. The Bertz CT molecular complexity index is 407. The van der Waals surface area contributed by atoms with Crippen LogP contribution in [0.2, 0.25) is 0 Å².